The summed E-state index contributed by atoms with van der Waals surface area (Å²) >= 11 is 0. The van der Waals surface area contributed by atoms with Crippen molar-refractivity contribution in [1.82, 2.24) is 20.2 Å². The molecule has 0 radical (unpaired) electrons. The van der Waals surface area contributed by atoms with Crippen molar-refractivity contribution in [3.05, 3.63) is 74.7 Å². The molecule has 0 spiro atoms. The van der Waals surface area contributed by atoms with E-state index in [0.717, 1.165) is 23.1 Å². The molecule has 0 aliphatic carbocycles. The summed E-state index contributed by atoms with van der Waals surface area (Å²) in [4.78, 5) is 43.9. The summed E-state index contributed by atoms with van der Waals surface area (Å²) in [6.45, 7) is 11.4. The van der Waals surface area contributed by atoms with Crippen molar-refractivity contribution in [2.75, 3.05) is 11.1 Å². The zero-order chi connectivity index (χ0) is 30.4. The number of nitrogens with zero attached hydrogens (tertiary/aromatic N) is 2. The van der Waals surface area contributed by atoms with E-state index < -0.39 is 5.56 Å². The Hall–Kier alpha value is -4.67. The second kappa shape index (κ2) is 13.1. The lowest BCUT2D eigenvalue weighted by atomic mass is 9.99. The number of nitrogens with one attached hydrogen (secondary N) is 4. The van der Waals surface area contributed by atoms with Crippen LogP contribution in [0.15, 0.2) is 41.3 Å². The van der Waals surface area contributed by atoms with E-state index in [-0.39, 0.29) is 48.6 Å². The minimum absolute atomic E-state index is 0.0238. The van der Waals surface area contributed by atoms with Gasteiger partial charge in [0.15, 0.2) is 5.82 Å². The fraction of sp³-hybridized carbons (Fsp3) is 0.367. The molecule has 0 bridgehead atoms. The summed E-state index contributed by atoms with van der Waals surface area (Å²) in [6, 6.07) is 8.38. The van der Waals surface area contributed by atoms with Crippen molar-refractivity contribution in [2.45, 2.75) is 73.1 Å². The van der Waals surface area contributed by atoms with E-state index in [2.05, 4.69) is 20.9 Å². The number of carbonyl (C=O) groups excluding carboxylic acids is 2. The average molecular weight is 561 g/mol. The zero-order valence-electron chi connectivity index (χ0n) is 24.5. The summed E-state index contributed by atoms with van der Waals surface area (Å²) in [5.41, 5.74) is 16.1. The highest BCUT2D eigenvalue weighted by atomic mass is 16.2. The molecule has 8 N–H and O–H groups in total. The molecule has 0 fully saturated rings. The molecule has 0 saturated heterocycles. The Morgan fingerprint density at radius 2 is 1.71 bits per heavy atom. The first kappa shape index (κ1) is 30.9. The second-order valence-electron chi connectivity index (χ2n) is 10.6. The third-order valence-corrected chi connectivity index (χ3v) is 6.75. The first-order valence-corrected chi connectivity index (χ1v) is 13.6. The van der Waals surface area contributed by atoms with E-state index in [9.17, 15) is 14.4 Å². The van der Waals surface area contributed by atoms with Gasteiger partial charge in [-0.15, -0.1) is 0 Å². The summed E-state index contributed by atoms with van der Waals surface area (Å²) < 4.78 is 1.33. The molecule has 11 nitrogen and oxygen atoms in total. The molecule has 3 rings (SSSR count). The molecule has 2 aromatic carbocycles. The molecule has 0 saturated carbocycles. The Morgan fingerprint density at radius 3 is 2.29 bits per heavy atom. The Kier molecular flexibility index (Phi) is 9.88. The fourth-order valence-electron chi connectivity index (χ4n) is 4.40. The predicted octanol–water partition coefficient (Wildman–Crippen LogP) is 3.06. The highest BCUT2D eigenvalue weighted by molar-refractivity contribution is 5.97. The van der Waals surface area contributed by atoms with Crippen molar-refractivity contribution in [3.63, 3.8) is 0 Å². The van der Waals surface area contributed by atoms with E-state index in [1.807, 2.05) is 41.5 Å². The van der Waals surface area contributed by atoms with Crippen molar-refractivity contribution in [2.24, 2.45) is 5.73 Å². The zero-order valence-corrected chi connectivity index (χ0v) is 24.5. The monoisotopic (exact) mass is 560 g/mol. The van der Waals surface area contributed by atoms with Crippen molar-refractivity contribution in [3.8, 4) is 11.3 Å². The maximum absolute atomic E-state index is 13.5. The molecule has 1 aromatic heterocycles. The van der Waals surface area contributed by atoms with Gasteiger partial charge in [0.1, 0.15) is 12.4 Å². The molecule has 41 heavy (non-hydrogen) atoms. The first-order chi connectivity index (χ1) is 19.3. The number of hydrogen-bond acceptors (Lipinski definition) is 7. The minimum Gasteiger partial charge on any atom is -0.399 e. The van der Waals surface area contributed by atoms with Crippen molar-refractivity contribution in [1.29, 1.82) is 5.41 Å². The molecule has 0 aliphatic heterocycles. The van der Waals surface area contributed by atoms with Crippen LogP contribution < -0.4 is 33.0 Å². The number of carbonyl (C=O) groups is 2. The summed E-state index contributed by atoms with van der Waals surface area (Å²) in [5, 5.41) is 16.5. The van der Waals surface area contributed by atoms with Crippen LogP contribution in [0.5, 0.6) is 0 Å². The van der Waals surface area contributed by atoms with Gasteiger partial charge in [0, 0.05) is 41.0 Å². The van der Waals surface area contributed by atoms with Crippen molar-refractivity contribution < 1.29 is 9.59 Å². The summed E-state index contributed by atoms with van der Waals surface area (Å²) in [5.74, 6) is -0.582. The molecule has 2 amide bonds. The highest BCUT2D eigenvalue weighted by Crippen LogP contribution is 2.24. The van der Waals surface area contributed by atoms with Gasteiger partial charge in [0.05, 0.1) is 11.9 Å². The van der Waals surface area contributed by atoms with Crippen LogP contribution in [0.25, 0.3) is 11.3 Å². The number of hydrogen-bond donors (Lipinski definition) is 6. The van der Waals surface area contributed by atoms with Crippen LogP contribution in [0.1, 0.15) is 66.7 Å². The molecule has 1 heterocycles. The van der Waals surface area contributed by atoms with Gasteiger partial charge < -0.3 is 27.4 Å². The van der Waals surface area contributed by atoms with Gasteiger partial charge >= 0.3 is 0 Å². The SMILES string of the molecule is CC[C@H](C)NC(=O)c1cc(N)cc(-c2cnc(NC(C)C)c(=O)n2CC(=O)NCc2c(C)cc(C(=N)N)cc2C)c1. The molecular formula is C30H40N8O3. The number of anilines is 2. The molecule has 218 valence electrons. The Labute approximate surface area is 240 Å². The van der Waals surface area contributed by atoms with E-state index in [1.165, 1.54) is 10.8 Å². The maximum Gasteiger partial charge on any atom is 0.294 e. The summed E-state index contributed by atoms with van der Waals surface area (Å²) in [6.07, 6.45) is 2.27. The normalized spacial score (nSPS) is 11.7. The number of aryl methyl sites for hydroxylation is 2. The molecule has 3 aromatic rings. The minimum atomic E-state index is -0.474. The number of nitrogen functional groups attached to an aromatic ring is 2. The lowest BCUT2D eigenvalue weighted by Crippen LogP contribution is -2.35. The van der Waals surface area contributed by atoms with E-state index in [0.29, 0.717) is 28.1 Å². The Morgan fingerprint density at radius 1 is 1.05 bits per heavy atom. The molecule has 0 unspecified atom stereocenters. The van der Waals surface area contributed by atoms with Gasteiger partial charge in [0.2, 0.25) is 5.91 Å². The summed E-state index contributed by atoms with van der Waals surface area (Å²) in [7, 11) is 0. The first-order valence-electron chi connectivity index (χ1n) is 13.6. The predicted molar refractivity (Wildman–Crippen MR) is 163 cm³/mol. The van der Waals surface area contributed by atoms with E-state index in [1.54, 1.807) is 30.3 Å². The lowest BCUT2D eigenvalue weighted by Gasteiger charge is -2.18. The quantitative estimate of drug-likeness (QED) is 0.118. The van der Waals surface area contributed by atoms with Gasteiger partial charge in [-0.1, -0.05) is 6.92 Å². The number of amidine groups is 1. The van der Waals surface area contributed by atoms with Crippen LogP contribution in [-0.2, 0) is 17.9 Å². The van der Waals surface area contributed by atoms with E-state index in [4.69, 9.17) is 16.9 Å². The smallest absolute Gasteiger partial charge is 0.294 e. The van der Waals surface area contributed by atoms with Crippen LogP contribution in [0.3, 0.4) is 0 Å². The maximum atomic E-state index is 13.5. The van der Waals surface area contributed by atoms with Crippen LogP contribution >= 0.6 is 0 Å². The number of nitrogens with two attached hydrogens (primary N) is 2. The lowest BCUT2D eigenvalue weighted by molar-refractivity contribution is -0.121. The van der Waals surface area contributed by atoms with Gasteiger partial charge in [-0.05, 0) is 88.1 Å². The van der Waals surface area contributed by atoms with Gasteiger partial charge in [0.25, 0.3) is 11.5 Å². The van der Waals surface area contributed by atoms with Crippen LogP contribution in [-0.4, -0.2) is 39.3 Å². The van der Waals surface area contributed by atoms with Crippen LogP contribution in [0.2, 0.25) is 0 Å². The molecule has 1 atom stereocenters. The van der Waals surface area contributed by atoms with Gasteiger partial charge in [-0.2, -0.15) is 0 Å². The second-order valence-corrected chi connectivity index (χ2v) is 10.6. The Balaban J connectivity index is 1.97. The van der Waals surface area contributed by atoms with Gasteiger partial charge in [-0.3, -0.25) is 24.4 Å². The molecule has 11 heteroatoms. The average Bonchev–Trinajstić information content (AvgIpc) is 2.89. The van der Waals surface area contributed by atoms with Gasteiger partial charge in [-0.25, -0.2) is 4.98 Å². The Bertz CT molecular complexity index is 1500. The van der Waals surface area contributed by atoms with E-state index >= 15 is 0 Å². The molecule has 0 aliphatic rings. The number of benzene rings is 2. The number of amides is 2. The van der Waals surface area contributed by atoms with Crippen LogP contribution in [0.4, 0.5) is 11.5 Å². The molecular weight excluding hydrogens is 520 g/mol. The fourth-order valence-corrected chi connectivity index (χ4v) is 4.40. The number of aromatic nitrogens is 2. The van der Waals surface area contributed by atoms with Crippen LogP contribution in [0, 0.1) is 19.3 Å². The highest BCUT2D eigenvalue weighted by Gasteiger charge is 2.18. The number of rotatable bonds is 11. The topological polar surface area (TPSA) is 181 Å². The standard InChI is InChI=1S/C30H40N8O3/c1-7-19(6)37-29(40)22-10-20(11-23(31)12-22)25-14-35-28(36-16(2)3)30(41)38(25)15-26(39)34-13-24-17(4)8-21(27(32)33)9-18(24)5/h8-12,14,16,19H,7,13,15,31H2,1-6H3,(H3,32,33)(H,34,39)(H,35,36)(H,37,40)/t19-/m0/s1. The largest absolute Gasteiger partial charge is 0.399 e. The third-order valence-electron chi connectivity index (χ3n) is 6.75. The van der Waals surface area contributed by atoms with Crippen molar-refractivity contribution >= 4 is 29.2 Å². The third kappa shape index (κ3) is 7.71.